The highest BCUT2D eigenvalue weighted by atomic mass is 79.9. The van der Waals surface area contributed by atoms with Gasteiger partial charge in [0.1, 0.15) is 24.1 Å². The Balaban J connectivity index is 1.38. The summed E-state index contributed by atoms with van der Waals surface area (Å²) in [5.41, 5.74) is 5.20. The zero-order valence-corrected chi connectivity index (χ0v) is 25.7. The van der Waals surface area contributed by atoms with Crippen molar-refractivity contribution in [1.29, 1.82) is 0 Å². The van der Waals surface area contributed by atoms with Crippen molar-refractivity contribution >= 4 is 57.2 Å². The van der Waals surface area contributed by atoms with Crippen LogP contribution < -0.4 is 20.2 Å². The minimum absolute atomic E-state index is 0.251. The molecule has 0 saturated heterocycles. The van der Waals surface area contributed by atoms with Gasteiger partial charge in [0.2, 0.25) is 0 Å². The minimum atomic E-state index is -0.932. The Morgan fingerprint density at radius 1 is 0.881 bits per heavy atom. The zero-order chi connectivity index (χ0) is 29.9. The van der Waals surface area contributed by atoms with Gasteiger partial charge in [0.15, 0.2) is 6.10 Å². The number of carbonyl (C=O) groups is 2. The van der Waals surface area contributed by atoms with Crippen LogP contribution in [0.2, 0.25) is 10.0 Å². The van der Waals surface area contributed by atoms with Gasteiger partial charge in [-0.25, -0.2) is 5.43 Å². The number of halogens is 3. The van der Waals surface area contributed by atoms with E-state index in [-0.39, 0.29) is 11.4 Å². The molecule has 7 nitrogen and oxygen atoms in total. The van der Waals surface area contributed by atoms with E-state index >= 15 is 0 Å². The molecule has 42 heavy (non-hydrogen) atoms. The fraction of sp³-hybridized carbons (Fsp3) is 0.156. The van der Waals surface area contributed by atoms with Gasteiger partial charge in [-0.2, -0.15) is 5.10 Å². The first-order valence-electron chi connectivity index (χ1n) is 13.0. The van der Waals surface area contributed by atoms with Gasteiger partial charge >= 0.3 is 0 Å². The third-order valence-corrected chi connectivity index (χ3v) is 7.21. The highest BCUT2D eigenvalue weighted by Gasteiger charge is 2.25. The van der Waals surface area contributed by atoms with Crippen LogP contribution in [0.5, 0.6) is 11.5 Å². The number of nitrogens with zero attached hydrogens (tertiary/aromatic N) is 1. The van der Waals surface area contributed by atoms with Gasteiger partial charge in [-0.3, -0.25) is 9.59 Å². The summed E-state index contributed by atoms with van der Waals surface area (Å²) < 4.78 is 12.4. The van der Waals surface area contributed by atoms with Crippen molar-refractivity contribution in [2.75, 3.05) is 0 Å². The van der Waals surface area contributed by atoms with Crippen LogP contribution in [0.3, 0.4) is 0 Å². The summed E-state index contributed by atoms with van der Waals surface area (Å²) in [6, 6.07) is 28.5. The summed E-state index contributed by atoms with van der Waals surface area (Å²) >= 11 is 15.6. The van der Waals surface area contributed by atoms with Crippen molar-refractivity contribution in [3.8, 4) is 11.5 Å². The van der Waals surface area contributed by atoms with E-state index in [0.29, 0.717) is 23.1 Å². The number of hydrogen-bond acceptors (Lipinski definition) is 5. The molecule has 0 aliphatic heterocycles. The molecule has 4 aromatic carbocycles. The monoisotopic (exact) mass is 667 g/mol. The molecule has 0 bridgehead atoms. The van der Waals surface area contributed by atoms with E-state index in [4.69, 9.17) is 32.7 Å². The first-order chi connectivity index (χ1) is 20.3. The largest absolute Gasteiger partial charge is 0.488 e. The lowest BCUT2D eigenvalue weighted by Gasteiger charge is -2.21. The van der Waals surface area contributed by atoms with Crippen LogP contribution in [-0.4, -0.2) is 30.2 Å². The molecule has 0 aliphatic carbocycles. The molecule has 0 saturated carbocycles. The van der Waals surface area contributed by atoms with E-state index in [0.717, 1.165) is 21.2 Å². The van der Waals surface area contributed by atoms with Crippen LogP contribution in [-0.2, 0) is 22.6 Å². The van der Waals surface area contributed by atoms with Crippen molar-refractivity contribution in [3.63, 3.8) is 0 Å². The zero-order valence-electron chi connectivity index (χ0n) is 22.6. The summed E-state index contributed by atoms with van der Waals surface area (Å²) in [7, 11) is 0. The molecule has 0 spiro atoms. The lowest BCUT2D eigenvalue weighted by molar-refractivity contribution is -0.132. The molecule has 2 amide bonds. The van der Waals surface area contributed by atoms with Crippen LogP contribution in [0.4, 0.5) is 0 Å². The second-order valence-corrected chi connectivity index (χ2v) is 11.0. The molecule has 4 rings (SSSR count). The molecular weight excluding hydrogens is 641 g/mol. The first kappa shape index (κ1) is 31.1. The fourth-order valence-electron chi connectivity index (χ4n) is 3.86. The highest BCUT2D eigenvalue weighted by Crippen LogP contribution is 2.28. The maximum Gasteiger partial charge on any atom is 0.262 e. The van der Waals surface area contributed by atoms with Gasteiger partial charge < -0.3 is 14.8 Å². The fourth-order valence-corrected chi connectivity index (χ4v) is 4.83. The molecule has 216 valence electrons. The van der Waals surface area contributed by atoms with E-state index in [2.05, 4.69) is 31.8 Å². The Morgan fingerprint density at radius 3 is 2.21 bits per heavy atom. The quantitative estimate of drug-likeness (QED) is 0.126. The molecule has 2 atom stereocenters. The molecule has 0 unspecified atom stereocenters. The summed E-state index contributed by atoms with van der Waals surface area (Å²) in [5, 5.41) is 7.60. The van der Waals surface area contributed by atoms with Gasteiger partial charge in [0, 0.05) is 11.4 Å². The summed E-state index contributed by atoms with van der Waals surface area (Å²) in [4.78, 5) is 26.1. The lowest BCUT2D eigenvalue weighted by atomic mass is 10.1. The first-order valence-corrected chi connectivity index (χ1v) is 14.6. The molecule has 4 aromatic rings. The van der Waals surface area contributed by atoms with Crippen molar-refractivity contribution in [1.82, 2.24) is 10.7 Å². The van der Waals surface area contributed by atoms with Gasteiger partial charge in [-0.15, -0.1) is 0 Å². The van der Waals surface area contributed by atoms with Crippen LogP contribution >= 0.6 is 39.1 Å². The number of ether oxygens (including phenoxy) is 2. The van der Waals surface area contributed by atoms with Crippen molar-refractivity contribution in [3.05, 3.63) is 128 Å². The molecule has 0 heterocycles. The number of carbonyl (C=O) groups excluding carboxylic acids is 2. The summed E-state index contributed by atoms with van der Waals surface area (Å²) in [5.74, 6) is 0.0140. The molecular formula is C32H28BrCl2N3O4. The standard InChI is InChI=1S/C32H28BrCl2N3O4/c1-21(42-30-15-13-25(34)18-27(30)35)31(39)37-28(17-22-8-4-2-5-9-22)32(40)38-36-19-24-12-14-29(26(33)16-24)41-20-23-10-6-3-7-11-23/h2-16,18-19,21,28H,17,20H2,1H3,(H,37,39)(H,38,40)/b36-19-/t21-,28+/m0/s1. The SMILES string of the molecule is C[C@H](Oc1ccc(Cl)cc1Cl)C(=O)N[C@H](Cc1ccccc1)C(=O)N/N=C\c1ccc(OCc2ccccc2)c(Br)c1. The smallest absolute Gasteiger partial charge is 0.262 e. The Kier molecular flexibility index (Phi) is 11.4. The van der Waals surface area contributed by atoms with E-state index in [1.54, 1.807) is 19.1 Å². The number of benzene rings is 4. The molecule has 0 fully saturated rings. The van der Waals surface area contributed by atoms with Crippen LogP contribution in [0.25, 0.3) is 0 Å². The Hall–Kier alpha value is -3.85. The normalized spacial score (nSPS) is 12.4. The van der Waals surface area contributed by atoms with Crippen LogP contribution in [0.15, 0.2) is 107 Å². The van der Waals surface area contributed by atoms with Gasteiger partial charge in [0.05, 0.1) is 15.7 Å². The van der Waals surface area contributed by atoms with E-state index in [1.807, 2.05) is 78.9 Å². The molecule has 2 N–H and O–H groups in total. The lowest BCUT2D eigenvalue weighted by Crippen LogP contribution is -2.50. The Bertz CT molecular complexity index is 1540. The average Bonchev–Trinajstić information content (AvgIpc) is 2.98. The molecule has 10 heteroatoms. The second-order valence-electron chi connectivity index (χ2n) is 9.28. The van der Waals surface area contributed by atoms with E-state index in [9.17, 15) is 9.59 Å². The number of hydrogen-bond donors (Lipinski definition) is 2. The van der Waals surface area contributed by atoms with Crippen LogP contribution in [0, 0.1) is 0 Å². The number of rotatable bonds is 12. The van der Waals surface area contributed by atoms with Crippen molar-refractivity contribution < 1.29 is 19.1 Å². The predicted octanol–water partition coefficient (Wildman–Crippen LogP) is 6.98. The van der Waals surface area contributed by atoms with E-state index in [1.165, 1.54) is 12.3 Å². The Morgan fingerprint density at radius 2 is 1.55 bits per heavy atom. The van der Waals surface area contributed by atoms with E-state index < -0.39 is 24.0 Å². The van der Waals surface area contributed by atoms with Crippen molar-refractivity contribution in [2.45, 2.75) is 32.1 Å². The van der Waals surface area contributed by atoms with Gasteiger partial charge in [0.25, 0.3) is 11.8 Å². The van der Waals surface area contributed by atoms with Crippen LogP contribution in [0.1, 0.15) is 23.6 Å². The highest BCUT2D eigenvalue weighted by molar-refractivity contribution is 9.10. The number of amides is 2. The number of hydrazone groups is 1. The number of nitrogens with one attached hydrogen (secondary N) is 2. The molecule has 0 aromatic heterocycles. The topological polar surface area (TPSA) is 89.0 Å². The van der Waals surface area contributed by atoms with Gasteiger partial charge in [-0.05, 0) is 75.9 Å². The van der Waals surface area contributed by atoms with Crippen molar-refractivity contribution in [2.24, 2.45) is 5.10 Å². The minimum Gasteiger partial charge on any atom is -0.488 e. The Labute approximate surface area is 263 Å². The molecule has 0 aliphatic rings. The predicted molar refractivity (Wildman–Crippen MR) is 169 cm³/mol. The average molecular weight is 669 g/mol. The molecule has 0 radical (unpaired) electrons. The second kappa shape index (κ2) is 15.4. The van der Waals surface area contributed by atoms with Gasteiger partial charge in [-0.1, -0.05) is 83.9 Å². The third-order valence-electron chi connectivity index (χ3n) is 6.06. The summed E-state index contributed by atoms with van der Waals surface area (Å²) in [6.45, 7) is 2.01. The maximum absolute atomic E-state index is 13.1. The summed E-state index contributed by atoms with van der Waals surface area (Å²) in [6.07, 6.45) is 0.832. The third kappa shape index (κ3) is 9.34. The maximum atomic E-state index is 13.1.